The minimum Gasteiger partial charge on any atom is -0.366 e. The van der Waals surface area contributed by atoms with Gasteiger partial charge in [-0.3, -0.25) is 9.59 Å². The van der Waals surface area contributed by atoms with E-state index >= 15 is 0 Å². The molecule has 0 bridgehead atoms. The van der Waals surface area contributed by atoms with Gasteiger partial charge in [0.25, 0.3) is 0 Å². The first-order valence-corrected chi connectivity index (χ1v) is 5.01. The molecule has 86 valence electrons. The molecular weight excluding hydrogens is 338 g/mol. The average Bonchev–Trinajstić information content (AvgIpc) is 2.15. The topological polar surface area (TPSA) is 60.2 Å². The second-order valence-corrected chi connectivity index (χ2v) is 4.06. The minimum atomic E-state index is -4.63. The molecule has 0 aromatic heterocycles. The zero-order chi connectivity index (χ0) is 12.5. The summed E-state index contributed by atoms with van der Waals surface area (Å²) >= 11 is 1.56. The first kappa shape index (κ1) is 12.9. The summed E-state index contributed by atoms with van der Waals surface area (Å²) in [5.41, 5.74) is 3.19. The lowest BCUT2D eigenvalue weighted by molar-refractivity contribution is -0.137. The molecule has 7 heteroatoms. The third-order valence-corrected chi connectivity index (χ3v) is 2.73. The van der Waals surface area contributed by atoms with Crippen molar-refractivity contribution in [3.8, 4) is 0 Å². The van der Waals surface area contributed by atoms with Crippen LogP contribution >= 0.6 is 22.6 Å². The number of hydrogen-bond acceptors (Lipinski definition) is 2. The van der Waals surface area contributed by atoms with Crippen molar-refractivity contribution >= 4 is 34.8 Å². The Balaban J connectivity index is 3.50. The lowest BCUT2D eigenvalue weighted by atomic mass is 10.0. The summed E-state index contributed by atoms with van der Waals surface area (Å²) in [4.78, 5) is 21.4. The molecule has 2 N–H and O–H groups in total. The van der Waals surface area contributed by atoms with Gasteiger partial charge >= 0.3 is 6.18 Å². The average molecular weight is 343 g/mol. The molecule has 0 saturated heterocycles. The Bertz CT molecular complexity index is 457. The van der Waals surface area contributed by atoms with Crippen molar-refractivity contribution in [3.05, 3.63) is 32.4 Å². The molecule has 0 saturated carbocycles. The molecule has 0 fully saturated rings. The van der Waals surface area contributed by atoms with Crippen LogP contribution in [0.1, 0.15) is 26.3 Å². The highest BCUT2D eigenvalue weighted by Crippen LogP contribution is 2.33. The van der Waals surface area contributed by atoms with Gasteiger partial charge in [0.05, 0.1) is 11.1 Å². The van der Waals surface area contributed by atoms with Gasteiger partial charge < -0.3 is 5.73 Å². The van der Waals surface area contributed by atoms with E-state index in [0.717, 1.165) is 12.1 Å². The largest absolute Gasteiger partial charge is 0.417 e. The number of alkyl halides is 3. The van der Waals surface area contributed by atoms with Crippen LogP contribution in [0.15, 0.2) is 12.1 Å². The van der Waals surface area contributed by atoms with E-state index in [1.54, 1.807) is 22.6 Å². The first-order chi connectivity index (χ1) is 7.27. The van der Waals surface area contributed by atoms with Gasteiger partial charge in [0.1, 0.15) is 0 Å². The van der Waals surface area contributed by atoms with E-state index in [0.29, 0.717) is 0 Å². The second kappa shape index (κ2) is 4.40. The van der Waals surface area contributed by atoms with Crippen molar-refractivity contribution in [1.29, 1.82) is 0 Å². The van der Waals surface area contributed by atoms with Crippen molar-refractivity contribution in [1.82, 2.24) is 0 Å². The second-order valence-electron chi connectivity index (χ2n) is 2.90. The number of halogens is 4. The molecule has 0 aliphatic carbocycles. The van der Waals surface area contributed by atoms with Crippen LogP contribution in [-0.2, 0) is 6.18 Å². The quantitative estimate of drug-likeness (QED) is 0.661. The van der Waals surface area contributed by atoms with Crippen molar-refractivity contribution in [2.75, 3.05) is 0 Å². The molecule has 1 aromatic carbocycles. The zero-order valence-electron chi connectivity index (χ0n) is 7.64. The summed E-state index contributed by atoms with van der Waals surface area (Å²) in [6, 6.07) is 1.57. The van der Waals surface area contributed by atoms with Crippen LogP contribution in [0.5, 0.6) is 0 Å². The van der Waals surface area contributed by atoms with Crippen molar-refractivity contribution in [3.63, 3.8) is 0 Å². The van der Waals surface area contributed by atoms with E-state index in [1.807, 2.05) is 0 Å². The molecule has 1 aromatic rings. The zero-order valence-corrected chi connectivity index (χ0v) is 9.80. The molecule has 16 heavy (non-hydrogen) atoms. The van der Waals surface area contributed by atoms with E-state index in [1.165, 1.54) is 0 Å². The third-order valence-electron chi connectivity index (χ3n) is 1.84. The number of carbonyl (C=O) groups excluding carboxylic acids is 2. The monoisotopic (exact) mass is 343 g/mol. The highest BCUT2D eigenvalue weighted by Gasteiger charge is 2.34. The molecule has 0 spiro atoms. The van der Waals surface area contributed by atoms with Gasteiger partial charge in [-0.25, -0.2) is 0 Å². The van der Waals surface area contributed by atoms with Crippen molar-refractivity contribution < 1.29 is 22.8 Å². The van der Waals surface area contributed by atoms with Crippen molar-refractivity contribution in [2.45, 2.75) is 6.18 Å². The number of rotatable bonds is 2. The summed E-state index contributed by atoms with van der Waals surface area (Å²) in [7, 11) is 0. The smallest absolute Gasteiger partial charge is 0.366 e. The lowest BCUT2D eigenvalue weighted by Gasteiger charge is -2.11. The number of nitrogens with two attached hydrogens (primary N) is 1. The molecule has 0 unspecified atom stereocenters. The molecule has 0 radical (unpaired) electrons. The predicted molar refractivity (Wildman–Crippen MR) is 58.1 cm³/mol. The van der Waals surface area contributed by atoms with Crippen LogP contribution in [0, 0.1) is 3.57 Å². The Morgan fingerprint density at radius 2 is 1.94 bits per heavy atom. The maximum absolute atomic E-state index is 12.5. The number of benzene rings is 1. The van der Waals surface area contributed by atoms with E-state index in [-0.39, 0.29) is 15.4 Å². The molecule has 0 aliphatic heterocycles. The number of amides is 1. The molecular formula is C9H5F3INO2. The van der Waals surface area contributed by atoms with E-state index in [4.69, 9.17) is 5.73 Å². The van der Waals surface area contributed by atoms with Crippen LogP contribution in [-0.4, -0.2) is 12.2 Å². The summed E-state index contributed by atoms with van der Waals surface area (Å²) in [5, 5.41) is 0. The normalized spacial score (nSPS) is 11.2. The summed E-state index contributed by atoms with van der Waals surface area (Å²) in [5.74, 6) is -0.874. The van der Waals surface area contributed by atoms with Crippen molar-refractivity contribution in [2.24, 2.45) is 5.73 Å². The Morgan fingerprint density at radius 1 is 1.38 bits per heavy atom. The van der Waals surface area contributed by atoms with Crippen LogP contribution in [0.4, 0.5) is 13.2 Å². The Hall–Kier alpha value is -1.12. The maximum atomic E-state index is 12.5. The van der Waals surface area contributed by atoms with Gasteiger partial charge in [0.15, 0.2) is 6.29 Å². The SMILES string of the molecule is NC(=O)c1cc(C=O)c(C(F)(F)F)cc1I. The Kier molecular flexibility index (Phi) is 3.56. The first-order valence-electron chi connectivity index (χ1n) is 3.93. The minimum absolute atomic E-state index is 0.0470. The standard InChI is InChI=1S/C9H5F3INO2/c10-9(11,12)6-2-7(13)5(8(14)16)1-4(6)3-15/h1-3H,(H2,14,16). The van der Waals surface area contributed by atoms with Crippen LogP contribution < -0.4 is 5.73 Å². The highest BCUT2D eigenvalue weighted by molar-refractivity contribution is 14.1. The van der Waals surface area contributed by atoms with Gasteiger partial charge in [-0.1, -0.05) is 0 Å². The number of aldehydes is 1. The molecule has 3 nitrogen and oxygen atoms in total. The van der Waals surface area contributed by atoms with Crippen LogP contribution in [0.25, 0.3) is 0 Å². The Morgan fingerprint density at radius 3 is 2.31 bits per heavy atom. The van der Waals surface area contributed by atoms with E-state index < -0.39 is 23.2 Å². The van der Waals surface area contributed by atoms with Gasteiger partial charge in [0, 0.05) is 9.13 Å². The highest BCUT2D eigenvalue weighted by atomic mass is 127. The summed E-state index contributed by atoms with van der Waals surface area (Å²) in [6.07, 6.45) is -4.59. The molecule has 0 heterocycles. The predicted octanol–water partition coefficient (Wildman–Crippen LogP) is 2.22. The van der Waals surface area contributed by atoms with Gasteiger partial charge in [-0.2, -0.15) is 13.2 Å². The van der Waals surface area contributed by atoms with Gasteiger partial charge in [-0.05, 0) is 34.7 Å². The van der Waals surface area contributed by atoms with Crippen LogP contribution in [0.3, 0.4) is 0 Å². The number of hydrogen-bond donors (Lipinski definition) is 1. The van der Waals surface area contributed by atoms with E-state index in [9.17, 15) is 22.8 Å². The van der Waals surface area contributed by atoms with Gasteiger partial charge in [0.2, 0.25) is 5.91 Å². The lowest BCUT2D eigenvalue weighted by Crippen LogP contribution is -2.16. The summed E-state index contributed by atoms with van der Waals surface area (Å²) < 4.78 is 37.5. The van der Waals surface area contributed by atoms with Gasteiger partial charge in [-0.15, -0.1) is 0 Å². The number of primary amides is 1. The van der Waals surface area contributed by atoms with E-state index in [2.05, 4.69) is 0 Å². The molecule has 1 rings (SSSR count). The fourth-order valence-corrected chi connectivity index (χ4v) is 1.85. The molecule has 0 aliphatic rings. The maximum Gasteiger partial charge on any atom is 0.417 e. The van der Waals surface area contributed by atoms with Crippen LogP contribution in [0.2, 0.25) is 0 Å². The Labute approximate surface area is 102 Å². The fraction of sp³-hybridized carbons (Fsp3) is 0.111. The fourth-order valence-electron chi connectivity index (χ4n) is 1.12. The molecule has 1 amide bonds. The molecule has 0 atom stereocenters. The number of carbonyl (C=O) groups is 2. The summed E-state index contributed by atoms with van der Waals surface area (Å²) in [6.45, 7) is 0. The third kappa shape index (κ3) is 2.52.